The summed E-state index contributed by atoms with van der Waals surface area (Å²) < 4.78 is 19.1. The topological polar surface area (TPSA) is 49.8 Å². The summed E-state index contributed by atoms with van der Waals surface area (Å²) in [5, 5.41) is 9.03. The number of halogens is 1. The number of aliphatic hydroxyl groups is 1. The third-order valence-electron chi connectivity index (χ3n) is 3.38. The van der Waals surface area contributed by atoms with E-state index in [2.05, 4.69) is 0 Å². The maximum Gasteiger partial charge on any atom is 0.249 e. The fraction of sp³-hybridized carbons (Fsp3) is 0.500. The average Bonchev–Trinajstić information content (AvgIpc) is 2.37. The van der Waals surface area contributed by atoms with Gasteiger partial charge < -0.3 is 14.7 Å². The molecule has 4 nitrogen and oxygen atoms in total. The number of benzene rings is 1. The van der Waals surface area contributed by atoms with Crippen LogP contribution in [-0.2, 0) is 16.1 Å². The summed E-state index contributed by atoms with van der Waals surface area (Å²) in [6, 6.07) is 6.42. The molecular formula is C14H18FNO3. The van der Waals surface area contributed by atoms with Crippen molar-refractivity contribution in [2.75, 3.05) is 19.8 Å². The fourth-order valence-electron chi connectivity index (χ4n) is 2.23. The molecule has 0 radical (unpaired) electrons. The molecule has 1 aromatic carbocycles. The Hall–Kier alpha value is -1.46. The minimum Gasteiger partial charge on any atom is -0.396 e. The summed E-state index contributed by atoms with van der Waals surface area (Å²) in [7, 11) is 0. The summed E-state index contributed by atoms with van der Waals surface area (Å²) in [4.78, 5) is 13.4. The van der Waals surface area contributed by atoms with Crippen molar-refractivity contribution >= 4 is 5.91 Å². The first-order chi connectivity index (χ1) is 9.04. The third-order valence-corrected chi connectivity index (χ3v) is 3.38. The maximum absolute atomic E-state index is 13.6. The Morgan fingerprint density at radius 1 is 1.47 bits per heavy atom. The molecule has 1 saturated heterocycles. The van der Waals surface area contributed by atoms with Gasteiger partial charge in [0.2, 0.25) is 5.91 Å². The van der Waals surface area contributed by atoms with Crippen LogP contribution < -0.4 is 0 Å². The number of nitrogens with zero attached hydrogens (tertiary/aromatic N) is 1. The molecule has 1 fully saturated rings. The molecule has 1 heterocycles. The van der Waals surface area contributed by atoms with Crippen molar-refractivity contribution in [2.24, 2.45) is 0 Å². The van der Waals surface area contributed by atoms with Gasteiger partial charge >= 0.3 is 0 Å². The minimum atomic E-state index is -0.562. The standard InChI is InChI=1S/C14H18FNO3/c1-14(6-7-17)10-16(13(18)9-19-14)8-11-4-2-3-5-12(11)15/h2-5,17H,6-10H2,1H3. The Bertz CT molecular complexity index is 466. The predicted molar refractivity (Wildman–Crippen MR) is 67.9 cm³/mol. The average molecular weight is 267 g/mol. The Morgan fingerprint density at radius 2 is 2.21 bits per heavy atom. The highest BCUT2D eigenvalue weighted by Crippen LogP contribution is 2.23. The molecule has 0 aromatic heterocycles. The normalized spacial score (nSPS) is 23.7. The number of amides is 1. The molecule has 1 unspecified atom stereocenters. The number of morpholine rings is 1. The molecule has 1 amide bonds. The van der Waals surface area contributed by atoms with Crippen molar-refractivity contribution in [1.82, 2.24) is 4.90 Å². The first kappa shape index (κ1) is 14.0. The molecule has 0 aliphatic carbocycles. The fourth-order valence-corrected chi connectivity index (χ4v) is 2.23. The van der Waals surface area contributed by atoms with Gasteiger partial charge in [0.05, 0.1) is 5.60 Å². The van der Waals surface area contributed by atoms with Crippen molar-refractivity contribution in [3.63, 3.8) is 0 Å². The summed E-state index contributed by atoms with van der Waals surface area (Å²) in [5.74, 6) is -0.468. The molecule has 19 heavy (non-hydrogen) atoms. The molecule has 1 aliphatic rings. The van der Waals surface area contributed by atoms with E-state index in [1.807, 2.05) is 6.92 Å². The van der Waals surface area contributed by atoms with Gasteiger partial charge in [-0.05, 0) is 13.0 Å². The van der Waals surface area contributed by atoms with E-state index in [0.29, 0.717) is 18.5 Å². The molecule has 0 saturated carbocycles. The SMILES string of the molecule is CC1(CCO)CN(Cc2ccccc2F)C(=O)CO1. The number of carbonyl (C=O) groups is 1. The van der Waals surface area contributed by atoms with E-state index in [-0.39, 0.29) is 31.5 Å². The first-order valence-corrected chi connectivity index (χ1v) is 6.30. The zero-order valence-corrected chi connectivity index (χ0v) is 10.9. The molecule has 1 aliphatic heterocycles. The highest BCUT2D eigenvalue weighted by molar-refractivity contribution is 5.78. The van der Waals surface area contributed by atoms with E-state index in [1.165, 1.54) is 6.07 Å². The van der Waals surface area contributed by atoms with Crippen LogP contribution in [0.3, 0.4) is 0 Å². The number of rotatable bonds is 4. The Kier molecular flexibility index (Phi) is 4.17. The number of hydrogen-bond acceptors (Lipinski definition) is 3. The lowest BCUT2D eigenvalue weighted by Crippen LogP contribution is -2.53. The summed E-state index contributed by atoms with van der Waals surface area (Å²) >= 11 is 0. The van der Waals surface area contributed by atoms with Gasteiger partial charge in [-0.3, -0.25) is 4.79 Å². The second-order valence-corrected chi connectivity index (χ2v) is 5.05. The Labute approximate surface area is 111 Å². The van der Waals surface area contributed by atoms with Crippen LogP contribution in [0, 0.1) is 5.82 Å². The third kappa shape index (κ3) is 3.30. The van der Waals surface area contributed by atoms with E-state index in [0.717, 1.165) is 0 Å². The van der Waals surface area contributed by atoms with Crippen molar-refractivity contribution in [3.8, 4) is 0 Å². The number of hydrogen-bond donors (Lipinski definition) is 1. The van der Waals surface area contributed by atoms with Crippen molar-refractivity contribution in [3.05, 3.63) is 35.6 Å². The van der Waals surface area contributed by atoms with Crippen LogP contribution in [0.15, 0.2) is 24.3 Å². The van der Waals surface area contributed by atoms with E-state index < -0.39 is 5.60 Å². The minimum absolute atomic E-state index is 0.00176. The largest absolute Gasteiger partial charge is 0.396 e. The first-order valence-electron chi connectivity index (χ1n) is 6.30. The van der Waals surface area contributed by atoms with Crippen LogP contribution in [0.4, 0.5) is 4.39 Å². The molecule has 1 N–H and O–H groups in total. The molecule has 0 bridgehead atoms. The van der Waals surface area contributed by atoms with Crippen molar-refractivity contribution < 1.29 is 19.0 Å². The number of carbonyl (C=O) groups excluding carboxylic acids is 1. The number of aliphatic hydroxyl groups excluding tert-OH is 1. The Balaban J connectivity index is 2.10. The molecular weight excluding hydrogens is 249 g/mol. The van der Waals surface area contributed by atoms with Crippen molar-refractivity contribution in [2.45, 2.75) is 25.5 Å². The monoisotopic (exact) mass is 267 g/mol. The molecule has 0 spiro atoms. The smallest absolute Gasteiger partial charge is 0.249 e. The van der Waals surface area contributed by atoms with E-state index in [1.54, 1.807) is 23.1 Å². The molecule has 1 aromatic rings. The lowest BCUT2D eigenvalue weighted by atomic mass is 9.99. The summed E-state index contributed by atoms with van der Waals surface area (Å²) in [6.45, 7) is 2.42. The highest BCUT2D eigenvalue weighted by Gasteiger charge is 2.35. The highest BCUT2D eigenvalue weighted by atomic mass is 19.1. The zero-order chi connectivity index (χ0) is 13.9. The van der Waals surface area contributed by atoms with Crippen LogP contribution in [0.1, 0.15) is 18.9 Å². The van der Waals surface area contributed by atoms with Gasteiger partial charge in [-0.1, -0.05) is 18.2 Å². The Morgan fingerprint density at radius 3 is 2.89 bits per heavy atom. The second kappa shape index (κ2) is 5.67. The molecule has 5 heteroatoms. The van der Waals surface area contributed by atoms with Gasteiger partial charge in [-0.2, -0.15) is 0 Å². The van der Waals surface area contributed by atoms with Gasteiger partial charge in [0, 0.05) is 31.7 Å². The van der Waals surface area contributed by atoms with Gasteiger partial charge in [-0.15, -0.1) is 0 Å². The van der Waals surface area contributed by atoms with E-state index in [4.69, 9.17) is 9.84 Å². The molecule has 2 rings (SSSR count). The quantitative estimate of drug-likeness (QED) is 0.895. The lowest BCUT2D eigenvalue weighted by Gasteiger charge is -2.40. The van der Waals surface area contributed by atoms with Crippen LogP contribution in [0.25, 0.3) is 0 Å². The van der Waals surface area contributed by atoms with Crippen LogP contribution in [0.5, 0.6) is 0 Å². The predicted octanol–water partition coefficient (Wildman–Crippen LogP) is 1.33. The van der Waals surface area contributed by atoms with Crippen LogP contribution in [0.2, 0.25) is 0 Å². The van der Waals surface area contributed by atoms with E-state index >= 15 is 0 Å². The van der Waals surface area contributed by atoms with Crippen molar-refractivity contribution in [1.29, 1.82) is 0 Å². The van der Waals surface area contributed by atoms with Gasteiger partial charge in [0.15, 0.2) is 0 Å². The van der Waals surface area contributed by atoms with E-state index in [9.17, 15) is 9.18 Å². The number of ether oxygens (including phenoxy) is 1. The van der Waals surface area contributed by atoms with Gasteiger partial charge in [0.25, 0.3) is 0 Å². The summed E-state index contributed by atoms with van der Waals surface area (Å²) in [5.41, 5.74) is -0.0717. The zero-order valence-electron chi connectivity index (χ0n) is 10.9. The lowest BCUT2D eigenvalue weighted by molar-refractivity contribution is -0.164. The summed E-state index contributed by atoms with van der Waals surface area (Å²) in [6.07, 6.45) is 0.452. The van der Waals surface area contributed by atoms with Gasteiger partial charge in [-0.25, -0.2) is 4.39 Å². The van der Waals surface area contributed by atoms with Gasteiger partial charge in [0.1, 0.15) is 12.4 Å². The van der Waals surface area contributed by atoms with Crippen LogP contribution >= 0.6 is 0 Å². The van der Waals surface area contributed by atoms with Crippen LogP contribution in [-0.4, -0.2) is 41.3 Å². The molecule has 1 atom stereocenters. The molecule has 104 valence electrons. The second-order valence-electron chi connectivity index (χ2n) is 5.05. The maximum atomic E-state index is 13.6.